The summed E-state index contributed by atoms with van der Waals surface area (Å²) >= 11 is 0. The maximum atomic E-state index is 10.6. The van der Waals surface area contributed by atoms with E-state index in [2.05, 4.69) is 10.2 Å². The number of carbonyl (C=O) groups excluding carboxylic acids is 1. The summed E-state index contributed by atoms with van der Waals surface area (Å²) in [6.07, 6.45) is 0.733. The lowest BCUT2D eigenvalue weighted by molar-refractivity contribution is 0.111. The van der Waals surface area contributed by atoms with Gasteiger partial charge in [-0.2, -0.15) is 5.10 Å². The summed E-state index contributed by atoms with van der Waals surface area (Å²) in [4.78, 5) is 10.6. The third-order valence-corrected chi connectivity index (χ3v) is 2.36. The molecule has 0 radical (unpaired) electrons. The molecule has 16 heavy (non-hydrogen) atoms. The molecular formula is C12H12N2O2. The van der Waals surface area contributed by atoms with Gasteiger partial charge in [0.05, 0.1) is 18.5 Å². The fraction of sp³-hybridized carbons (Fsp3) is 0.167. The van der Waals surface area contributed by atoms with Crippen LogP contribution < -0.4 is 4.74 Å². The first kappa shape index (κ1) is 10.4. The number of nitrogens with zero attached hydrogens (tertiary/aromatic N) is 1. The van der Waals surface area contributed by atoms with Crippen molar-refractivity contribution in [2.24, 2.45) is 0 Å². The number of hydrogen-bond donors (Lipinski definition) is 1. The number of nitrogens with one attached hydrogen (secondary N) is 1. The number of rotatable bonds is 3. The molecule has 4 heteroatoms. The van der Waals surface area contributed by atoms with Crippen LogP contribution in [0.4, 0.5) is 0 Å². The Kier molecular flexibility index (Phi) is 2.72. The topological polar surface area (TPSA) is 55.0 Å². The van der Waals surface area contributed by atoms with Crippen molar-refractivity contribution in [3.63, 3.8) is 0 Å². The Bertz CT molecular complexity index is 517. The van der Waals surface area contributed by atoms with Gasteiger partial charge in [0.2, 0.25) is 0 Å². The molecule has 1 N–H and O–H groups in total. The van der Waals surface area contributed by atoms with Gasteiger partial charge in [0.25, 0.3) is 0 Å². The normalized spacial score (nSPS) is 10.1. The lowest BCUT2D eigenvalue weighted by Crippen LogP contribution is -1.89. The maximum Gasteiger partial charge on any atom is 0.167 e. The van der Waals surface area contributed by atoms with Crippen LogP contribution in [0.25, 0.3) is 11.3 Å². The molecule has 0 saturated carbocycles. The molecule has 2 aromatic rings. The van der Waals surface area contributed by atoms with Gasteiger partial charge in [-0.15, -0.1) is 0 Å². The molecule has 1 heterocycles. The first-order chi connectivity index (χ1) is 7.74. The van der Waals surface area contributed by atoms with Crippen molar-refractivity contribution in [1.29, 1.82) is 0 Å². The number of methoxy groups -OCH3 is 1. The van der Waals surface area contributed by atoms with Gasteiger partial charge < -0.3 is 4.74 Å². The highest BCUT2D eigenvalue weighted by molar-refractivity contribution is 5.77. The molecule has 2 rings (SSSR count). The van der Waals surface area contributed by atoms with Gasteiger partial charge >= 0.3 is 0 Å². The Morgan fingerprint density at radius 3 is 2.81 bits per heavy atom. The van der Waals surface area contributed by atoms with Crippen LogP contribution in [0.2, 0.25) is 0 Å². The third kappa shape index (κ3) is 1.82. The zero-order valence-corrected chi connectivity index (χ0v) is 9.15. The lowest BCUT2D eigenvalue weighted by Gasteiger charge is -2.06. The molecule has 0 aliphatic carbocycles. The highest BCUT2D eigenvalue weighted by Gasteiger charge is 2.09. The van der Waals surface area contributed by atoms with Crippen LogP contribution in [0.1, 0.15) is 16.1 Å². The highest BCUT2D eigenvalue weighted by atomic mass is 16.5. The van der Waals surface area contributed by atoms with Gasteiger partial charge in [0.15, 0.2) is 6.29 Å². The Morgan fingerprint density at radius 2 is 2.19 bits per heavy atom. The number of aromatic nitrogens is 2. The molecule has 0 aliphatic heterocycles. The third-order valence-electron chi connectivity index (χ3n) is 2.36. The molecule has 0 bridgehead atoms. The molecule has 0 aliphatic rings. The van der Waals surface area contributed by atoms with Crippen molar-refractivity contribution < 1.29 is 9.53 Å². The quantitative estimate of drug-likeness (QED) is 0.800. The molecular weight excluding hydrogens is 204 g/mol. The number of aromatic amines is 1. The average molecular weight is 216 g/mol. The Labute approximate surface area is 93.3 Å². The average Bonchev–Trinajstić information content (AvgIpc) is 2.77. The minimum Gasteiger partial charge on any atom is -0.496 e. The van der Waals surface area contributed by atoms with E-state index in [1.807, 2.05) is 25.1 Å². The van der Waals surface area contributed by atoms with Crippen molar-refractivity contribution in [3.8, 4) is 17.0 Å². The lowest BCUT2D eigenvalue weighted by atomic mass is 10.1. The summed E-state index contributed by atoms with van der Waals surface area (Å²) in [6, 6.07) is 7.54. The van der Waals surface area contributed by atoms with Crippen LogP contribution in [0.15, 0.2) is 24.3 Å². The second kappa shape index (κ2) is 4.18. The summed E-state index contributed by atoms with van der Waals surface area (Å²) in [7, 11) is 1.62. The van der Waals surface area contributed by atoms with Crippen molar-refractivity contribution in [2.75, 3.05) is 7.11 Å². The van der Waals surface area contributed by atoms with Gasteiger partial charge in [0.1, 0.15) is 5.75 Å². The molecule has 4 nitrogen and oxygen atoms in total. The fourth-order valence-electron chi connectivity index (χ4n) is 1.55. The summed E-state index contributed by atoms with van der Waals surface area (Å²) in [5, 5.41) is 6.71. The van der Waals surface area contributed by atoms with Gasteiger partial charge in [0, 0.05) is 5.56 Å². The van der Waals surface area contributed by atoms with Gasteiger partial charge in [-0.05, 0) is 30.7 Å². The van der Waals surface area contributed by atoms with E-state index in [1.165, 1.54) is 0 Å². The summed E-state index contributed by atoms with van der Waals surface area (Å²) in [5.74, 6) is 0.754. The largest absolute Gasteiger partial charge is 0.496 e. The number of benzene rings is 1. The highest BCUT2D eigenvalue weighted by Crippen LogP contribution is 2.29. The predicted octanol–water partition coefficient (Wildman–Crippen LogP) is 2.21. The first-order valence-electron chi connectivity index (χ1n) is 4.90. The van der Waals surface area contributed by atoms with Gasteiger partial charge in [-0.3, -0.25) is 9.89 Å². The van der Waals surface area contributed by atoms with Crippen LogP contribution >= 0.6 is 0 Å². The van der Waals surface area contributed by atoms with Crippen LogP contribution in [0.3, 0.4) is 0 Å². The molecule has 1 aromatic carbocycles. The number of aldehydes is 1. The van der Waals surface area contributed by atoms with E-state index < -0.39 is 0 Å². The molecule has 0 fully saturated rings. The van der Waals surface area contributed by atoms with Gasteiger partial charge in [-0.1, -0.05) is 6.07 Å². The predicted molar refractivity (Wildman–Crippen MR) is 60.7 cm³/mol. The summed E-state index contributed by atoms with van der Waals surface area (Å²) in [5.41, 5.74) is 3.15. The first-order valence-corrected chi connectivity index (χ1v) is 4.90. The maximum absolute atomic E-state index is 10.6. The Morgan fingerprint density at radius 1 is 1.38 bits per heavy atom. The summed E-state index contributed by atoms with van der Waals surface area (Å²) in [6.45, 7) is 1.99. The monoisotopic (exact) mass is 216 g/mol. The van der Waals surface area contributed by atoms with Crippen LogP contribution in [-0.2, 0) is 0 Å². The van der Waals surface area contributed by atoms with Crippen LogP contribution in [-0.4, -0.2) is 23.6 Å². The summed E-state index contributed by atoms with van der Waals surface area (Å²) < 4.78 is 5.28. The van der Waals surface area contributed by atoms with E-state index in [-0.39, 0.29) is 0 Å². The molecule has 0 atom stereocenters. The van der Waals surface area contributed by atoms with Crippen molar-refractivity contribution in [1.82, 2.24) is 10.2 Å². The standard InChI is InChI=1S/C12H12N2O2/c1-8-3-4-10(12(5-8)16-2)11-6-9(7-15)13-14-11/h3-7H,1-2H3,(H,13,14). The van der Waals surface area contributed by atoms with E-state index in [9.17, 15) is 4.79 Å². The number of H-pyrrole nitrogens is 1. The Hall–Kier alpha value is -2.10. The van der Waals surface area contributed by atoms with Gasteiger partial charge in [-0.25, -0.2) is 0 Å². The van der Waals surface area contributed by atoms with Crippen LogP contribution in [0.5, 0.6) is 5.75 Å². The molecule has 1 aromatic heterocycles. The van der Waals surface area contributed by atoms with Crippen molar-refractivity contribution >= 4 is 6.29 Å². The molecule has 0 amide bonds. The zero-order valence-electron chi connectivity index (χ0n) is 9.15. The Balaban J connectivity index is 2.50. The fourth-order valence-corrected chi connectivity index (χ4v) is 1.55. The number of carbonyl (C=O) groups is 1. The SMILES string of the molecule is COc1cc(C)ccc1-c1cc(C=O)[nH]n1. The van der Waals surface area contributed by atoms with E-state index in [0.29, 0.717) is 11.4 Å². The number of aryl methyl sites for hydroxylation is 1. The van der Waals surface area contributed by atoms with Crippen molar-refractivity contribution in [2.45, 2.75) is 6.92 Å². The molecule has 0 unspecified atom stereocenters. The molecule has 82 valence electrons. The smallest absolute Gasteiger partial charge is 0.167 e. The van der Waals surface area contributed by atoms with E-state index in [1.54, 1.807) is 13.2 Å². The minimum atomic E-state index is 0.456. The minimum absolute atomic E-state index is 0.456. The second-order valence-corrected chi connectivity index (χ2v) is 3.53. The molecule has 0 spiro atoms. The zero-order chi connectivity index (χ0) is 11.5. The van der Waals surface area contributed by atoms with E-state index >= 15 is 0 Å². The second-order valence-electron chi connectivity index (χ2n) is 3.53. The van der Waals surface area contributed by atoms with E-state index in [4.69, 9.17) is 4.74 Å². The number of ether oxygens (including phenoxy) is 1. The van der Waals surface area contributed by atoms with E-state index in [0.717, 1.165) is 23.2 Å². The van der Waals surface area contributed by atoms with Crippen molar-refractivity contribution in [3.05, 3.63) is 35.5 Å². The number of hydrogen-bond acceptors (Lipinski definition) is 3. The molecule has 0 saturated heterocycles. The van der Waals surface area contributed by atoms with Crippen LogP contribution in [0, 0.1) is 6.92 Å².